The van der Waals surface area contributed by atoms with Crippen LogP contribution in [0.2, 0.25) is 0 Å². The molecular formula is C10H16ClNO. The quantitative estimate of drug-likeness (QED) is 0.651. The Morgan fingerprint density at radius 2 is 1.77 bits per heavy atom. The molecule has 1 rings (SSSR count). The molecule has 0 aliphatic rings. The number of aromatic nitrogens is 1. The van der Waals surface area contributed by atoms with Gasteiger partial charge in [-0.2, -0.15) is 0 Å². The monoisotopic (exact) mass is 201 g/mol. The Balaban J connectivity index is 3.01. The smallest absolute Gasteiger partial charge is 0.199 e. The summed E-state index contributed by atoms with van der Waals surface area (Å²) in [7, 11) is 0. The molecule has 2 nitrogen and oxygen atoms in total. The number of nitrogens with zero attached hydrogens (tertiary/aromatic N) is 1. The van der Waals surface area contributed by atoms with Gasteiger partial charge in [0, 0.05) is 5.41 Å². The minimum Gasteiger partial charge on any atom is -0.443 e. The zero-order chi connectivity index (χ0) is 10.3. The first-order valence-electron chi connectivity index (χ1n) is 4.37. The van der Waals surface area contributed by atoms with E-state index in [9.17, 15) is 0 Å². The molecule has 0 unspecified atom stereocenters. The highest BCUT2D eigenvalue weighted by molar-refractivity contribution is 6.23. The van der Waals surface area contributed by atoms with Crippen molar-refractivity contribution in [2.24, 2.45) is 0 Å². The van der Waals surface area contributed by atoms with Crippen LogP contribution < -0.4 is 0 Å². The number of hydrogen-bond donors (Lipinski definition) is 0. The Kier molecular flexibility index (Phi) is 2.46. The van der Waals surface area contributed by atoms with E-state index in [0.29, 0.717) is 0 Å². The number of rotatable bonds is 1. The fourth-order valence-electron chi connectivity index (χ4n) is 0.896. The van der Waals surface area contributed by atoms with Gasteiger partial charge in [0.1, 0.15) is 5.76 Å². The third-order valence-corrected chi connectivity index (χ3v) is 1.92. The van der Waals surface area contributed by atoms with E-state index in [0.717, 1.165) is 11.7 Å². The third kappa shape index (κ3) is 2.47. The van der Waals surface area contributed by atoms with E-state index in [4.69, 9.17) is 16.0 Å². The summed E-state index contributed by atoms with van der Waals surface area (Å²) in [4.78, 5) is 3.73. The Morgan fingerprint density at radius 1 is 1.23 bits per heavy atom. The van der Waals surface area contributed by atoms with Crippen molar-refractivity contribution in [1.82, 2.24) is 4.98 Å². The molecular weight excluding hydrogens is 186 g/mol. The molecule has 0 saturated carbocycles. The molecule has 0 aliphatic carbocycles. The first kappa shape index (κ1) is 10.6. The van der Waals surface area contributed by atoms with Crippen LogP contribution in [0.15, 0.2) is 10.6 Å². The van der Waals surface area contributed by atoms with E-state index < -0.39 is 4.87 Å². The van der Waals surface area contributed by atoms with Crippen LogP contribution in [0, 0.1) is 0 Å². The minimum absolute atomic E-state index is 0.0552. The van der Waals surface area contributed by atoms with Crippen molar-refractivity contribution in [1.29, 1.82) is 0 Å². The summed E-state index contributed by atoms with van der Waals surface area (Å²) in [6.45, 7) is 9.96. The predicted molar refractivity (Wildman–Crippen MR) is 54.1 cm³/mol. The molecule has 0 saturated heterocycles. The molecule has 0 amide bonds. The average molecular weight is 202 g/mol. The predicted octanol–water partition coefficient (Wildman–Crippen LogP) is 3.45. The van der Waals surface area contributed by atoms with Crippen molar-refractivity contribution in [3.8, 4) is 0 Å². The van der Waals surface area contributed by atoms with Gasteiger partial charge in [-0.1, -0.05) is 20.8 Å². The Morgan fingerprint density at radius 3 is 2.00 bits per heavy atom. The van der Waals surface area contributed by atoms with E-state index in [2.05, 4.69) is 25.8 Å². The van der Waals surface area contributed by atoms with Gasteiger partial charge < -0.3 is 4.42 Å². The lowest BCUT2D eigenvalue weighted by molar-refractivity contribution is 0.357. The molecule has 0 bridgehead atoms. The molecule has 0 spiro atoms. The van der Waals surface area contributed by atoms with Gasteiger partial charge in [0.25, 0.3) is 0 Å². The maximum absolute atomic E-state index is 6.09. The standard InChI is InChI=1S/C10H16ClNO/c1-9(2,3)8-12-6-7(13-8)10(4,5)11/h6H,1-5H3. The van der Waals surface area contributed by atoms with Gasteiger partial charge in [0.15, 0.2) is 5.89 Å². The summed E-state index contributed by atoms with van der Waals surface area (Å²) >= 11 is 6.09. The summed E-state index contributed by atoms with van der Waals surface area (Å²) in [6.07, 6.45) is 1.70. The summed E-state index contributed by atoms with van der Waals surface area (Å²) in [5.41, 5.74) is -0.0552. The molecule has 0 atom stereocenters. The van der Waals surface area contributed by atoms with Crippen molar-refractivity contribution >= 4 is 11.6 Å². The Labute approximate surface area is 84.3 Å². The van der Waals surface area contributed by atoms with Crippen molar-refractivity contribution in [2.45, 2.75) is 44.9 Å². The van der Waals surface area contributed by atoms with Crippen LogP contribution in [0.25, 0.3) is 0 Å². The highest BCUT2D eigenvalue weighted by Gasteiger charge is 2.26. The van der Waals surface area contributed by atoms with E-state index in [1.165, 1.54) is 0 Å². The van der Waals surface area contributed by atoms with Crippen molar-refractivity contribution in [2.75, 3.05) is 0 Å². The third-order valence-electron chi connectivity index (χ3n) is 1.73. The normalized spacial score (nSPS) is 13.4. The number of halogens is 1. The van der Waals surface area contributed by atoms with Gasteiger partial charge in [-0.25, -0.2) is 4.98 Å². The van der Waals surface area contributed by atoms with Crippen LogP contribution in [-0.2, 0) is 10.3 Å². The first-order valence-corrected chi connectivity index (χ1v) is 4.75. The second kappa shape index (κ2) is 3.02. The van der Waals surface area contributed by atoms with Gasteiger partial charge in [0.05, 0.1) is 11.1 Å². The maximum Gasteiger partial charge on any atom is 0.199 e. The summed E-state index contributed by atoms with van der Waals surface area (Å²) in [5, 5.41) is 0. The molecule has 1 aromatic heterocycles. The van der Waals surface area contributed by atoms with Crippen LogP contribution in [0.3, 0.4) is 0 Å². The molecule has 74 valence electrons. The molecule has 1 heterocycles. The van der Waals surface area contributed by atoms with Crippen LogP contribution >= 0.6 is 11.6 Å². The van der Waals surface area contributed by atoms with Crippen LogP contribution in [0.1, 0.15) is 46.3 Å². The fourth-order valence-corrected chi connectivity index (χ4v) is 0.983. The van der Waals surface area contributed by atoms with Gasteiger partial charge in [-0.15, -0.1) is 11.6 Å². The van der Waals surface area contributed by atoms with E-state index in [-0.39, 0.29) is 5.41 Å². The zero-order valence-electron chi connectivity index (χ0n) is 8.81. The summed E-state index contributed by atoms with van der Waals surface area (Å²) in [5.74, 6) is 1.45. The molecule has 3 heteroatoms. The first-order chi connectivity index (χ1) is 5.71. The molecule has 0 radical (unpaired) electrons. The van der Waals surface area contributed by atoms with Crippen LogP contribution in [0.5, 0.6) is 0 Å². The lowest BCUT2D eigenvalue weighted by Gasteiger charge is -2.14. The van der Waals surface area contributed by atoms with Gasteiger partial charge in [-0.05, 0) is 13.8 Å². The maximum atomic E-state index is 6.09. The van der Waals surface area contributed by atoms with E-state index in [1.807, 2.05) is 13.8 Å². The topological polar surface area (TPSA) is 26.0 Å². The highest BCUT2D eigenvalue weighted by Crippen LogP contribution is 2.31. The molecule has 0 aliphatic heterocycles. The lowest BCUT2D eigenvalue weighted by atomic mass is 9.97. The van der Waals surface area contributed by atoms with Gasteiger partial charge >= 0.3 is 0 Å². The van der Waals surface area contributed by atoms with Crippen molar-refractivity contribution in [3.05, 3.63) is 17.8 Å². The number of hydrogen-bond acceptors (Lipinski definition) is 2. The summed E-state index contributed by atoms with van der Waals surface area (Å²) < 4.78 is 5.57. The van der Waals surface area contributed by atoms with E-state index >= 15 is 0 Å². The highest BCUT2D eigenvalue weighted by atomic mass is 35.5. The van der Waals surface area contributed by atoms with Gasteiger partial charge in [0.2, 0.25) is 0 Å². The molecule has 1 aromatic rings. The molecule has 0 fully saturated rings. The zero-order valence-corrected chi connectivity index (χ0v) is 9.57. The van der Waals surface area contributed by atoms with Crippen LogP contribution in [-0.4, -0.2) is 4.98 Å². The minimum atomic E-state index is -0.476. The average Bonchev–Trinajstić information content (AvgIpc) is 2.28. The van der Waals surface area contributed by atoms with E-state index in [1.54, 1.807) is 6.20 Å². The SMILES string of the molecule is CC(C)(C)c1ncc(C(C)(C)Cl)o1. The van der Waals surface area contributed by atoms with Crippen molar-refractivity contribution < 1.29 is 4.42 Å². The molecule has 0 N–H and O–H groups in total. The Bertz CT molecular complexity index is 262. The molecule has 0 aromatic carbocycles. The molecule has 13 heavy (non-hydrogen) atoms. The van der Waals surface area contributed by atoms with Gasteiger partial charge in [-0.3, -0.25) is 0 Å². The van der Waals surface area contributed by atoms with Crippen molar-refractivity contribution in [3.63, 3.8) is 0 Å². The largest absolute Gasteiger partial charge is 0.443 e. The lowest BCUT2D eigenvalue weighted by Crippen LogP contribution is -2.11. The number of oxazole rings is 1. The second-order valence-electron chi connectivity index (χ2n) is 4.75. The Hall–Kier alpha value is -0.500. The van der Waals surface area contributed by atoms with Crippen LogP contribution in [0.4, 0.5) is 0 Å². The number of alkyl halides is 1. The fraction of sp³-hybridized carbons (Fsp3) is 0.700. The second-order valence-corrected chi connectivity index (χ2v) is 5.70. The summed E-state index contributed by atoms with van der Waals surface area (Å²) in [6, 6.07) is 0.